The van der Waals surface area contributed by atoms with Gasteiger partial charge >= 0.3 is 5.97 Å². The zero-order valence-electron chi connectivity index (χ0n) is 6.45. The predicted octanol–water partition coefficient (Wildman–Crippen LogP) is -0.567. The molecular weight excluding hydrogens is 146 g/mol. The molecule has 0 aromatic rings. The standard InChI is InChI=1S/C7H11NO3/c1-6-4-8(2-3-9)5-7(10)11-6/h3,6H,2,4-5H2,1H3. The molecule has 1 rings (SSSR count). The normalized spacial score (nSPS) is 26.3. The van der Waals surface area contributed by atoms with Crippen molar-refractivity contribution in [3.8, 4) is 0 Å². The van der Waals surface area contributed by atoms with Crippen LogP contribution in [-0.4, -0.2) is 42.9 Å². The van der Waals surface area contributed by atoms with Crippen LogP contribution in [0.4, 0.5) is 0 Å². The summed E-state index contributed by atoms with van der Waals surface area (Å²) in [5.74, 6) is -0.245. The van der Waals surface area contributed by atoms with Crippen LogP contribution in [0.15, 0.2) is 0 Å². The lowest BCUT2D eigenvalue weighted by atomic mass is 10.3. The number of morpholine rings is 1. The lowest BCUT2D eigenvalue weighted by Gasteiger charge is -2.28. The summed E-state index contributed by atoms with van der Waals surface area (Å²) in [7, 11) is 0. The van der Waals surface area contributed by atoms with E-state index in [0.29, 0.717) is 13.1 Å². The molecule has 0 aromatic carbocycles. The first-order valence-electron chi connectivity index (χ1n) is 3.58. The maximum atomic E-state index is 10.8. The fourth-order valence-corrected chi connectivity index (χ4v) is 1.15. The van der Waals surface area contributed by atoms with Crippen molar-refractivity contribution in [2.75, 3.05) is 19.6 Å². The van der Waals surface area contributed by atoms with Crippen LogP contribution in [0, 0.1) is 0 Å². The molecule has 0 radical (unpaired) electrons. The van der Waals surface area contributed by atoms with Crippen molar-refractivity contribution in [3.63, 3.8) is 0 Å². The van der Waals surface area contributed by atoms with E-state index >= 15 is 0 Å². The van der Waals surface area contributed by atoms with E-state index in [0.717, 1.165) is 6.29 Å². The molecule has 1 aliphatic heterocycles. The second-order valence-corrected chi connectivity index (χ2v) is 2.66. The highest BCUT2D eigenvalue weighted by Crippen LogP contribution is 2.03. The van der Waals surface area contributed by atoms with Crippen LogP contribution >= 0.6 is 0 Å². The summed E-state index contributed by atoms with van der Waals surface area (Å²) in [5.41, 5.74) is 0. The molecule has 0 aliphatic carbocycles. The Kier molecular flexibility index (Phi) is 2.59. The maximum absolute atomic E-state index is 10.8. The minimum Gasteiger partial charge on any atom is -0.460 e. The van der Waals surface area contributed by atoms with Gasteiger partial charge in [-0.2, -0.15) is 0 Å². The molecule has 4 heteroatoms. The quantitative estimate of drug-likeness (QED) is 0.398. The number of aldehydes is 1. The van der Waals surface area contributed by atoms with Crippen molar-refractivity contribution in [1.82, 2.24) is 4.90 Å². The van der Waals surface area contributed by atoms with Gasteiger partial charge in [0.25, 0.3) is 0 Å². The van der Waals surface area contributed by atoms with Crippen LogP contribution in [-0.2, 0) is 14.3 Å². The third kappa shape index (κ3) is 2.31. The average Bonchev–Trinajstić information content (AvgIpc) is 1.85. The van der Waals surface area contributed by atoms with Crippen LogP contribution in [0.2, 0.25) is 0 Å². The van der Waals surface area contributed by atoms with Gasteiger partial charge in [-0.15, -0.1) is 0 Å². The van der Waals surface area contributed by atoms with E-state index in [2.05, 4.69) is 0 Å². The third-order valence-electron chi connectivity index (χ3n) is 1.53. The fourth-order valence-electron chi connectivity index (χ4n) is 1.15. The van der Waals surface area contributed by atoms with Gasteiger partial charge in [0, 0.05) is 6.54 Å². The van der Waals surface area contributed by atoms with Gasteiger partial charge in [-0.1, -0.05) is 0 Å². The largest absolute Gasteiger partial charge is 0.460 e. The maximum Gasteiger partial charge on any atom is 0.320 e. The Morgan fingerprint density at radius 3 is 3.09 bits per heavy atom. The lowest BCUT2D eigenvalue weighted by Crippen LogP contribution is -2.44. The second kappa shape index (κ2) is 3.48. The number of carbonyl (C=O) groups is 2. The van der Waals surface area contributed by atoms with Gasteiger partial charge in [0.15, 0.2) is 0 Å². The Morgan fingerprint density at radius 2 is 2.55 bits per heavy atom. The number of carbonyl (C=O) groups excluding carboxylic acids is 2. The minimum absolute atomic E-state index is 0.0869. The number of ether oxygens (including phenoxy) is 1. The van der Waals surface area contributed by atoms with E-state index in [1.54, 1.807) is 4.90 Å². The zero-order chi connectivity index (χ0) is 8.27. The van der Waals surface area contributed by atoms with Gasteiger partial charge < -0.3 is 9.53 Å². The molecule has 0 N–H and O–H groups in total. The van der Waals surface area contributed by atoms with Gasteiger partial charge in [0.2, 0.25) is 0 Å². The molecule has 0 spiro atoms. The molecule has 1 atom stereocenters. The van der Waals surface area contributed by atoms with Crippen molar-refractivity contribution < 1.29 is 14.3 Å². The van der Waals surface area contributed by atoms with Crippen LogP contribution in [0.3, 0.4) is 0 Å². The molecule has 0 bridgehead atoms. The summed E-state index contributed by atoms with van der Waals surface area (Å²) in [5, 5.41) is 0. The number of rotatable bonds is 2. The first kappa shape index (κ1) is 8.20. The van der Waals surface area contributed by atoms with Gasteiger partial charge in [-0.05, 0) is 6.92 Å². The molecule has 4 nitrogen and oxygen atoms in total. The summed E-state index contributed by atoms with van der Waals surface area (Å²) in [6.45, 7) is 3.03. The molecule has 62 valence electrons. The number of esters is 1. The molecule has 1 aliphatic rings. The lowest BCUT2D eigenvalue weighted by molar-refractivity contribution is -0.157. The van der Waals surface area contributed by atoms with E-state index < -0.39 is 0 Å². The molecule has 1 saturated heterocycles. The molecular formula is C7H11NO3. The molecule has 11 heavy (non-hydrogen) atoms. The van der Waals surface area contributed by atoms with E-state index in [-0.39, 0.29) is 18.6 Å². The SMILES string of the molecule is CC1CN(CC=O)CC(=O)O1. The highest BCUT2D eigenvalue weighted by Gasteiger charge is 2.22. The summed E-state index contributed by atoms with van der Waals surface area (Å²) in [6.07, 6.45) is 0.710. The molecule has 0 amide bonds. The van der Waals surface area contributed by atoms with Crippen molar-refractivity contribution in [3.05, 3.63) is 0 Å². The molecule has 1 heterocycles. The summed E-state index contributed by atoms with van der Waals surface area (Å²) in [6, 6.07) is 0. The van der Waals surface area contributed by atoms with E-state index in [9.17, 15) is 9.59 Å². The number of hydrogen-bond acceptors (Lipinski definition) is 4. The van der Waals surface area contributed by atoms with Gasteiger partial charge in [0.1, 0.15) is 12.4 Å². The molecule has 1 unspecified atom stereocenters. The van der Waals surface area contributed by atoms with Crippen molar-refractivity contribution in [2.45, 2.75) is 13.0 Å². The Labute approximate surface area is 65.1 Å². The molecule has 0 saturated carbocycles. The smallest absolute Gasteiger partial charge is 0.320 e. The molecule has 0 aromatic heterocycles. The van der Waals surface area contributed by atoms with Gasteiger partial charge in [0.05, 0.1) is 13.1 Å². The minimum atomic E-state index is -0.245. The van der Waals surface area contributed by atoms with E-state index in [4.69, 9.17) is 4.74 Å². The first-order valence-corrected chi connectivity index (χ1v) is 3.58. The third-order valence-corrected chi connectivity index (χ3v) is 1.53. The summed E-state index contributed by atoms with van der Waals surface area (Å²) >= 11 is 0. The Balaban J connectivity index is 2.42. The van der Waals surface area contributed by atoms with Gasteiger partial charge in [-0.3, -0.25) is 9.69 Å². The monoisotopic (exact) mass is 157 g/mol. The zero-order valence-corrected chi connectivity index (χ0v) is 6.45. The van der Waals surface area contributed by atoms with Crippen LogP contribution < -0.4 is 0 Å². The average molecular weight is 157 g/mol. The van der Waals surface area contributed by atoms with Crippen molar-refractivity contribution >= 4 is 12.3 Å². The number of hydrogen-bond donors (Lipinski definition) is 0. The number of nitrogens with zero attached hydrogens (tertiary/aromatic N) is 1. The summed E-state index contributed by atoms with van der Waals surface area (Å²) < 4.78 is 4.87. The fraction of sp³-hybridized carbons (Fsp3) is 0.714. The van der Waals surface area contributed by atoms with Gasteiger partial charge in [-0.25, -0.2) is 0 Å². The Hall–Kier alpha value is -0.900. The second-order valence-electron chi connectivity index (χ2n) is 2.66. The topological polar surface area (TPSA) is 46.6 Å². The molecule has 1 fully saturated rings. The van der Waals surface area contributed by atoms with E-state index in [1.165, 1.54) is 0 Å². The van der Waals surface area contributed by atoms with E-state index in [1.807, 2.05) is 6.92 Å². The summed E-state index contributed by atoms with van der Waals surface area (Å²) in [4.78, 5) is 22.6. The highest BCUT2D eigenvalue weighted by molar-refractivity contribution is 5.73. The predicted molar refractivity (Wildman–Crippen MR) is 38.1 cm³/mol. The highest BCUT2D eigenvalue weighted by atomic mass is 16.5. The van der Waals surface area contributed by atoms with Crippen molar-refractivity contribution in [1.29, 1.82) is 0 Å². The Bertz CT molecular complexity index is 169. The van der Waals surface area contributed by atoms with Crippen LogP contribution in [0.25, 0.3) is 0 Å². The van der Waals surface area contributed by atoms with Crippen molar-refractivity contribution in [2.24, 2.45) is 0 Å². The van der Waals surface area contributed by atoms with Crippen LogP contribution in [0.5, 0.6) is 0 Å². The van der Waals surface area contributed by atoms with Crippen LogP contribution in [0.1, 0.15) is 6.92 Å². The Morgan fingerprint density at radius 1 is 1.82 bits per heavy atom. The first-order chi connectivity index (χ1) is 5.22. The number of cyclic esters (lactones) is 1.